The van der Waals surface area contributed by atoms with Gasteiger partial charge < -0.3 is 4.55 Å². The van der Waals surface area contributed by atoms with Crippen LogP contribution in [0, 0.1) is 0 Å². The molecule has 0 bridgehead atoms. The third-order valence-electron chi connectivity index (χ3n) is 3.16. The summed E-state index contributed by atoms with van der Waals surface area (Å²) in [5.74, 6) is -0.264. The number of benzene rings is 2. The molecule has 112 valence electrons. The average molecular weight is 360 g/mol. The summed E-state index contributed by atoms with van der Waals surface area (Å²) >= 11 is 0. The van der Waals surface area contributed by atoms with E-state index in [4.69, 9.17) is 0 Å². The smallest absolute Gasteiger partial charge is 0.748 e. The molecule has 2 aromatic carbocycles. The number of rotatable bonds is 7. The van der Waals surface area contributed by atoms with Crippen molar-refractivity contribution in [3.05, 3.63) is 60.7 Å². The molecule has 0 aliphatic carbocycles. The van der Waals surface area contributed by atoms with Gasteiger partial charge in [-0.1, -0.05) is 60.7 Å². The molecule has 0 unspecified atom stereocenters. The maximum absolute atomic E-state index is 10.7. The summed E-state index contributed by atoms with van der Waals surface area (Å²) in [6, 6.07) is 20.5. The maximum Gasteiger partial charge on any atom is 1.00 e. The van der Waals surface area contributed by atoms with Gasteiger partial charge in [-0.25, -0.2) is 8.42 Å². The molecule has 0 N–H and O–H groups in total. The van der Waals surface area contributed by atoms with Crippen LogP contribution in [0.2, 0.25) is 0 Å². The Bertz CT molecular complexity index is 608. The molecule has 0 saturated carbocycles. The van der Waals surface area contributed by atoms with Crippen molar-refractivity contribution < 1.29 is 64.4 Å². The summed E-state index contributed by atoms with van der Waals surface area (Å²) in [6.45, 7) is 0. The second-order valence-corrected chi connectivity index (χ2v) is 8.65. The van der Waals surface area contributed by atoms with Crippen molar-refractivity contribution >= 4 is 28.6 Å². The summed E-state index contributed by atoms with van der Waals surface area (Å²) in [6.07, 6.45) is 2.08. The van der Waals surface area contributed by atoms with E-state index >= 15 is 0 Å². The van der Waals surface area contributed by atoms with E-state index in [0.717, 1.165) is 12.6 Å². The SMILES string of the molecule is O=S(=O)([O-])CCCCP(c1ccccc1)c1ccccc1.[K+]. The second-order valence-electron chi connectivity index (χ2n) is 4.79. The largest absolute Gasteiger partial charge is 1.00 e. The van der Waals surface area contributed by atoms with E-state index in [1.54, 1.807) is 0 Å². The Hall–Kier alpha value is 0.416. The summed E-state index contributed by atoms with van der Waals surface area (Å²) in [5, 5.41) is 2.56. The zero-order chi connectivity index (χ0) is 15.1. The zero-order valence-electron chi connectivity index (χ0n) is 12.7. The minimum absolute atomic E-state index is 0. The minimum atomic E-state index is -4.09. The van der Waals surface area contributed by atoms with Crippen LogP contribution in [0.25, 0.3) is 0 Å². The maximum atomic E-state index is 10.7. The first-order valence-corrected chi connectivity index (χ1v) is 9.98. The van der Waals surface area contributed by atoms with Gasteiger partial charge in [-0.2, -0.15) is 0 Å². The fourth-order valence-corrected chi connectivity index (χ4v) is 5.15. The van der Waals surface area contributed by atoms with Gasteiger partial charge in [-0.05, 0) is 37.5 Å². The molecule has 0 aromatic heterocycles. The van der Waals surface area contributed by atoms with Crippen molar-refractivity contribution in [2.24, 2.45) is 0 Å². The molecule has 0 heterocycles. The van der Waals surface area contributed by atoms with E-state index in [2.05, 4.69) is 24.3 Å². The molecule has 0 fully saturated rings. The second kappa shape index (κ2) is 10.3. The average Bonchev–Trinajstić information content (AvgIpc) is 2.48. The van der Waals surface area contributed by atoms with E-state index in [1.165, 1.54) is 10.6 Å². The molecule has 0 radical (unpaired) electrons. The Kier molecular flexibility index (Phi) is 9.59. The van der Waals surface area contributed by atoms with Gasteiger partial charge in [-0.15, -0.1) is 0 Å². The predicted octanol–water partition coefficient (Wildman–Crippen LogP) is -0.551. The predicted molar refractivity (Wildman–Crippen MR) is 87.7 cm³/mol. The first kappa shape index (κ1) is 20.5. The van der Waals surface area contributed by atoms with Crippen molar-refractivity contribution in [2.75, 3.05) is 11.9 Å². The van der Waals surface area contributed by atoms with Crippen molar-refractivity contribution in [1.29, 1.82) is 0 Å². The Morgan fingerprint density at radius 1 is 0.818 bits per heavy atom. The van der Waals surface area contributed by atoms with Crippen LogP contribution in [-0.4, -0.2) is 24.9 Å². The molecular weight excluding hydrogens is 342 g/mol. The van der Waals surface area contributed by atoms with Crippen LogP contribution < -0.4 is 62.0 Å². The van der Waals surface area contributed by atoms with E-state index < -0.39 is 18.0 Å². The molecule has 22 heavy (non-hydrogen) atoms. The molecule has 2 rings (SSSR count). The van der Waals surface area contributed by atoms with E-state index in [0.29, 0.717) is 6.42 Å². The monoisotopic (exact) mass is 360 g/mol. The van der Waals surface area contributed by atoms with Gasteiger partial charge in [0, 0.05) is 5.75 Å². The molecule has 0 spiro atoms. The fourth-order valence-electron chi connectivity index (χ4n) is 2.17. The van der Waals surface area contributed by atoms with Gasteiger partial charge in [0.25, 0.3) is 0 Å². The molecule has 2 aromatic rings. The quantitative estimate of drug-likeness (QED) is 0.288. The normalized spacial score (nSPS) is 11.2. The number of hydrogen-bond donors (Lipinski definition) is 0. The molecule has 3 nitrogen and oxygen atoms in total. The Morgan fingerprint density at radius 3 is 1.68 bits per heavy atom. The number of unbranched alkanes of at least 4 members (excludes halogenated alkanes) is 1. The van der Waals surface area contributed by atoms with Crippen molar-refractivity contribution in [3.63, 3.8) is 0 Å². The van der Waals surface area contributed by atoms with Crippen LogP contribution in [0.1, 0.15) is 12.8 Å². The van der Waals surface area contributed by atoms with Crippen molar-refractivity contribution in [3.8, 4) is 0 Å². The van der Waals surface area contributed by atoms with E-state index in [-0.39, 0.29) is 57.1 Å². The van der Waals surface area contributed by atoms with E-state index in [9.17, 15) is 13.0 Å². The van der Waals surface area contributed by atoms with Gasteiger partial charge in [0.15, 0.2) is 0 Å². The van der Waals surface area contributed by atoms with Gasteiger partial charge >= 0.3 is 51.4 Å². The van der Waals surface area contributed by atoms with Gasteiger partial charge in [-0.3, -0.25) is 0 Å². The summed E-state index contributed by atoms with van der Waals surface area (Å²) in [7, 11) is -4.59. The Balaban J connectivity index is 0.00000242. The van der Waals surface area contributed by atoms with Gasteiger partial charge in [0.05, 0.1) is 10.1 Å². The minimum Gasteiger partial charge on any atom is -0.748 e. The first-order chi connectivity index (χ1) is 10.1. The zero-order valence-corrected chi connectivity index (χ0v) is 17.5. The molecule has 0 saturated heterocycles. The van der Waals surface area contributed by atoms with Crippen LogP contribution in [0.5, 0.6) is 0 Å². The van der Waals surface area contributed by atoms with Gasteiger partial charge in [0.1, 0.15) is 0 Å². The van der Waals surface area contributed by atoms with Gasteiger partial charge in [0.2, 0.25) is 0 Å². The van der Waals surface area contributed by atoms with Crippen LogP contribution in [-0.2, 0) is 10.1 Å². The third kappa shape index (κ3) is 7.32. The molecule has 0 aliphatic heterocycles. The topological polar surface area (TPSA) is 57.2 Å². The summed E-state index contributed by atoms with van der Waals surface area (Å²) < 4.78 is 32.0. The van der Waals surface area contributed by atoms with Crippen LogP contribution in [0.15, 0.2) is 60.7 Å². The van der Waals surface area contributed by atoms with Crippen molar-refractivity contribution in [1.82, 2.24) is 0 Å². The molecular formula is C16H18KO3PS. The molecule has 6 heteroatoms. The fraction of sp³-hybridized carbons (Fsp3) is 0.250. The Morgan fingerprint density at radius 2 is 1.27 bits per heavy atom. The Labute approximate surface area is 176 Å². The summed E-state index contributed by atoms with van der Waals surface area (Å²) in [4.78, 5) is 0. The molecule has 0 atom stereocenters. The first-order valence-electron chi connectivity index (χ1n) is 6.87. The molecule has 0 aliphatic rings. The third-order valence-corrected chi connectivity index (χ3v) is 6.56. The van der Waals surface area contributed by atoms with Crippen molar-refractivity contribution in [2.45, 2.75) is 12.8 Å². The number of hydrogen-bond acceptors (Lipinski definition) is 3. The standard InChI is InChI=1S/C16H19O3PS.K/c17-21(18,19)14-8-7-13-20(15-9-3-1-4-10-15)16-11-5-2-6-12-16;/h1-6,9-12H,7-8,13-14H2,(H,17,18,19);/q;+1/p-1. The summed E-state index contributed by atoms with van der Waals surface area (Å²) in [5.41, 5.74) is 0. The van der Waals surface area contributed by atoms with E-state index in [1.807, 2.05) is 36.4 Å². The molecule has 0 amide bonds. The van der Waals surface area contributed by atoms with Crippen LogP contribution in [0.3, 0.4) is 0 Å². The van der Waals surface area contributed by atoms with Crippen LogP contribution >= 0.6 is 7.92 Å². The van der Waals surface area contributed by atoms with Crippen LogP contribution in [0.4, 0.5) is 0 Å².